The van der Waals surface area contributed by atoms with E-state index in [1.807, 2.05) is 49.5 Å². The van der Waals surface area contributed by atoms with Gasteiger partial charge in [0.15, 0.2) is 5.17 Å². The van der Waals surface area contributed by atoms with E-state index in [2.05, 4.69) is 10.3 Å². The van der Waals surface area contributed by atoms with Crippen LogP contribution in [0.4, 0.5) is 0 Å². The lowest BCUT2D eigenvalue weighted by atomic mass is 10.1. The maximum atomic E-state index is 12.1. The summed E-state index contributed by atoms with van der Waals surface area (Å²) in [6.07, 6.45) is 3.98. The highest BCUT2D eigenvalue weighted by Crippen LogP contribution is 2.33. The van der Waals surface area contributed by atoms with Crippen molar-refractivity contribution in [2.75, 3.05) is 6.61 Å². The van der Waals surface area contributed by atoms with Crippen LogP contribution >= 0.6 is 11.8 Å². The fourth-order valence-electron chi connectivity index (χ4n) is 2.65. The van der Waals surface area contributed by atoms with Crippen molar-refractivity contribution < 1.29 is 9.53 Å². The van der Waals surface area contributed by atoms with E-state index in [-0.39, 0.29) is 17.2 Å². The molecule has 1 saturated heterocycles. The number of ether oxygens (including phenoxy) is 1. The summed E-state index contributed by atoms with van der Waals surface area (Å²) in [5.41, 5.74) is 3.27. The number of nitrogens with one attached hydrogen (secondary N) is 2. The van der Waals surface area contributed by atoms with Gasteiger partial charge in [-0.15, -0.1) is 0 Å². The number of nitrogens with zero attached hydrogens (tertiary/aromatic N) is 1. The number of amides is 1. The van der Waals surface area contributed by atoms with Crippen LogP contribution in [0.3, 0.4) is 0 Å². The Hall–Kier alpha value is -2.18. The van der Waals surface area contributed by atoms with Crippen LogP contribution in [0.15, 0.2) is 48.8 Å². The average molecular weight is 341 g/mol. The smallest absolute Gasteiger partial charge is 0.242 e. The molecule has 1 fully saturated rings. The molecule has 0 bridgehead atoms. The molecule has 2 atom stereocenters. The zero-order valence-corrected chi connectivity index (χ0v) is 14.2. The van der Waals surface area contributed by atoms with Crippen molar-refractivity contribution >= 4 is 22.8 Å². The van der Waals surface area contributed by atoms with Gasteiger partial charge in [0.05, 0.1) is 6.61 Å². The molecule has 1 aliphatic rings. The predicted molar refractivity (Wildman–Crippen MR) is 95.1 cm³/mol. The summed E-state index contributed by atoms with van der Waals surface area (Å²) in [5.74, 6) is -0.170. The molecule has 0 aliphatic carbocycles. The number of rotatable bonds is 6. The van der Waals surface area contributed by atoms with Gasteiger partial charge in [0.1, 0.15) is 11.4 Å². The van der Waals surface area contributed by atoms with Gasteiger partial charge in [0, 0.05) is 12.4 Å². The first-order valence-corrected chi connectivity index (χ1v) is 8.65. The molecule has 0 radical (unpaired) electrons. The first-order valence-electron chi connectivity index (χ1n) is 7.77. The summed E-state index contributed by atoms with van der Waals surface area (Å²) in [7, 11) is 0. The first kappa shape index (κ1) is 16.7. The lowest BCUT2D eigenvalue weighted by molar-refractivity contribution is -0.121. The largest absolute Gasteiger partial charge is 0.371 e. The van der Waals surface area contributed by atoms with Crippen molar-refractivity contribution in [3.05, 3.63) is 65.5 Å². The highest BCUT2D eigenvalue weighted by atomic mass is 32.2. The third kappa shape index (κ3) is 3.83. The number of hydrogen-bond donors (Lipinski definition) is 2. The van der Waals surface area contributed by atoms with Crippen molar-refractivity contribution in [1.82, 2.24) is 10.3 Å². The molecule has 2 unspecified atom stereocenters. The number of amidine groups is 1. The van der Waals surface area contributed by atoms with Gasteiger partial charge in [-0.25, -0.2) is 0 Å². The zero-order valence-electron chi connectivity index (χ0n) is 13.4. The molecule has 24 heavy (non-hydrogen) atoms. The number of carbonyl (C=O) groups is 1. The third-order valence-corrected chi connectivity index (χ3v) is 5.01. The second kappa shape index (κ2) is 7.59. The van der Waals surface area contributed by atoms with E-state index >= 15 is 0 Å². The first-order chi connectivity index (χ1) is 11.6. The number of aromatic nitrogens is 1. The Bertz CT molecular complexity index is 736. The summed E-state index contributed by atoms with van der Waals surface area (Å²) in [5, 5.41) is 9.97. The highest BCUT2D eigenvalue weighted by molar-refractivity contribution is 8.15. The molecule has 1 amide bonds. The van der Waals surface area contributed by atoms with Crippen LogP contribution in [-0.2, 0) is 16.0 Å². The molecule has 3 rings (SSSR count). The van der Waals surface area contributed by atoms with Gasteiger partial charge < -0.3 is 10.1 Å². The van der Waals surface area contributed by atoms with E-state index in [0.29, 0.717) is 6.61 Å². The Balaban J connectivity index is 1.72. The van der Waals surface area contributed by atoms with E-state index in [9.17, 15) is 4.79 Å². The molecule has 6 heteroatoms. The van der Waals surface area contributed by atoms with Crippen LogP contribution in [0.2, 0.25) is 0 Å². The van der Waals surface area contributed by atoms with Crippen LogP contribution in [-0.4, -0.2) is 27.9 Å². The summed E-state index contributed by atoms with van der Waals surface area (Å²) in [4.78, 5) is 16.3. The number of benzene rings is 1. The van der Waals surface area contributed by atoms with Crippen molar-refractivity contribution in [2.45, 2.75) is 24.7 Å². The Morgan fingerprint density at radius 1 is 1.33 bits per heavy atom. The van der Waals surface area contributed by atoms with Crippen molar-refractivity contribution in [3.63, 3.8) is 0 Å². The molecule has 1 aliphatic heterocycles. The van der Waals surface area contributed by atoms with Gasteiger partial charge in [0.2, 0.25) is 5.91 Å². The second-order valence-electron chi connectivity index (χ2n) is 5.61. The lowest BCUT2D eigenvalue weighted by Crippen LogP contribution is -2.30. The lowest BCUT2D eigenvalue weighted by Gasteiger charge is -2.22. The van der Waals surface area contributed by atoms with Crippen molar-refractivity contribution in [1.29, 1.82) is 5.41 Å². The van der Waals surface area contributed by atoms with E-state index in [4.69, 9.17) is 10.1 Å². The van der Waals surface area contributed by atoms with Gasteiger partial charge >= 0.3 is 0 Å². The van der Waals surface area contributed by atoms with E-state index in [1.54, 1.807) is 6.20 Å². The minimum Gasteiger partial charge on any atom is -0.371 e. The quantitative estimate of drug-likeness (QED) is 0.847. The van der Waals surface area contributed by atoms with E-state index in [0.717, 1.165) is 17.5 Å². The second-order valence-corrected chi connectivity index (χ2v) is 6.76. The van der Waals surface area contributed by atoms with Gasteiger partial charge in [-0.2, -0.15) is 0 Å². The topological polar surface area (TPSA) is 75.1 Å². The fourth-order valence-corrected chi connectivity index (χ4v) is 3.59. The molecule has 2 aromatic rings. The highest BCUT2D eigenvalue weighted by Gasteiger charge is 2.37. The molecular formula is C18H19N3O2S. The van der Waals surface area contributed by atoms with Crippen LogP contribution in [0, 0.1) is 12.3 Å². The van der Waals surface area contributed by atoms with Crippen LogP contribution in [0.25, 0.3) is 0 Å². The fraction of sp³-hybridized carbons (Fsp3) is 0.278. The molecule has 1 aromatic heterocycles. The number of thioether (sulfide) groups is 1. The summed E-state index contributed by atoms with van der Waals surface area (Å²) < 4.78 is 6.08. The van der Waals surface area contributed by atoms with Gasteiger partial charge in [-0.1, -0.05) is 42.1 Å². The van der Waals surface area contributed by atoms with Crippen LogP contribution < -0.4 is 5.32 Å². The van der Waals surface area contributed by atoms with Crippen LogP contribution in [0.5, 0.6) is 0 Å². The van der Waals surface area contributed by atoms with Crippen LogP contribution in [0.1, 0.15) is 22.8 Å². The molecule has 124 valence electrons. The molecule has 0 spiro atoms. The van der Waals surface area contributed by atoms with Crippen molar-refractivity contribution in [3.8, 4) is 0 Å². The Labute approximate surface area is 145 Å². The summed E-state index contributed by atoms with van der Waals surface area (Å²) >= 11 is 1.21. The van der Waals surface area contributed by atoms with Gasteiger partial charge in [-0.05, 0) is 36.1 Å². The van der Waals surface area contributed by atoms with Gasteiger partial charge in [0.25, 0.3) is 0 Å². The summed E-state index contributed by atoms with van der Waals surface area (Å²) in [6.45, 7) is 2.54. The monoisotopic (exact) mass is 341 g/mol. The number of carbonyl (C=O) groups excluding carboxylic acids is 1. The normalized spacial score (nSPS) is 18.5. The SMILES string of the molecule is Cc1ccncc1CCOC(c1ccccc1)C1SC(=N)NC1=O. The Kier molecular flexibility index (Phi) is 5.27. The number of aryl methyl sites for hydroxylation is 1. The summed E-state index contributed by atoms with van der Waals surface area (Å²) in [6, 6.07) is 11.7. The predicted octanol–water partition coefficient (Wildman–Crippen LogP) is 2.86. The minimum absolute atomic E-state index is 0.170. The minimum atomic E-state index is -0.435. The van der Waals surface area contributed by atoms with Crippen molar-refractivity contribution in [2.24, 2.45) is 0 Å². The Morgan fingerprint density at radius 3 is 2.79 bits per heavy atom. The maximum Gasteiger partial charge on any atom is 0.242 e. The molecule has 2 N–H and O–H groups in total. The molecule has 1 aromatic carbocycles. The number of hydrogen-bond acceptors (Lipinski definition) is 5. The Morgan fingerprint density at radius 2 is 2.12 bits per heavy atom. The van der Waals surface area contributed by atoms with E-state index in [1.165, 1.54) is 17.3 Å². The standard InChI is InChI=1S/C18H19N3O2S/c1-12-7-9-20-11-14(12)8-10-23-15(13-5-3-2-4-6-13)16-17(22)21-18(19)24-16/h2-7,9,11,15-16H,8,10H2,1H3,(H2,19,21,22). The number of pyridine rings is 1. The average Bonchev–Trinajstić information content (AvgIpc) is 2.92. The zero-order chi connectivity index (χ0) is 16.9. The molecule has 0 saturated carbocycles. The molecule has 5 nitrogen and oxygen atoms in total. The van der Waals surface area contributed by atoms with E-state index < -0.39 is 5.25 Å². The van der Waals surface area contributed by atoms with Gasteiger partial charge in [-0.3, -0.25) is 15.2 Å². The molecule has 2 heterocycles. The molecular weight excluding hydrogens is 322 g/mol. The maximum absolute atomic E-state index is 12.1. The third-order valence-electron chi connectivity index (χ3n) is 3.96.